The lowest BCUT2D eigenvalue weighted by atomic mass is 9.85. The van der Waals surface area contributed by atoms with Crippen LogP contribution in [0, 0.1) is 5.92 Å². The Morgan fingerprint density at radius 2 is 1.97 bits per heavy atom. The van der Waals surface area contributed by atoms with Crippen molar-refractivity contribution in [1.82, 2.24) is 35.1 Å². The normalized spacial score (nSPS) is 21.9. The lowest BCUT2D eigenvalue weighted by Crippen LogP contribution is -2.44. The van der Waals surface area contributed by atoms with E-state index in [1.54, 1.807) is 30.0 Å². The first-order valence-corrected chi connectivity index (χ1v) is 13.4. The molecule has 5 rings (SSSR count). The van der Waals surface area contributed by atoms with Gasteiger partial charge in [-0.25, -0.2) is 14.5 Å². The molecule has 0 spiro atoms. The van der Waals surface area contributed by atoms with Crippen LogP contribution in [0.15, 0.2) is 30.7 Å². The summed E-state index contributed by atoms with van der Waals surface area (Å²) < 4.78 is 6.88. The standard InChI is InChI=1S/C27H36N8O3/c1-3-34-12-4-5-20(34)15-30-26(36)17-6-8-19(9-7-17)33-27(37)21-14-22(18-10-11-29-23(13-18)38-2)35-24(21)25(28)31-16-32-35/h10-11,13-14,16-17,19-20H,3-9,12,15H2,1-2H3,(H,30,36)(H,33,37)(H2,28,31,32). The number of rotatable bonds is 8. The number of nitrogens with two attached hydrogens (primary N) is 1. The van der Waals surface area contributed by atoms with Gasteiger partial charge in [-0.1, -0.05) is 6.92 Å². The molecule has 0 radical (unpaired) electrons. The number of methoxy groups -OCH3 is 1. The maximum absolute atomic E-state index is 13.4. The minimum absolute atomic E-state index is 0.00717. The molecule has 1 saturated carbocycles. The summed E-state index contributed by atoms with van der Waals surface area (Å²) in [5, 5.41) is 10.7. The fourth-order valence-corrected chi connectivity index (χ4v) is 5.80. The zero-order valence-electron chi connectivity index (χ0n) is 22.0. The van der Waals surface area contributed by atoms with Gasteiger partial charge >= 0.3 is 0 Å². The maximum Gasteiger partial charge on any atom is 0.253 e. The summed E-state index contributed by atoms with van der Waals surface area (Å²) in [5.41, 5.74) is 8.52. The van der Waals surface area contributed by atoms with E-state index in [-0.39, 0.29) is 29.6 Å². The number of nitrogen functional groups attached to an aromatic ring is 1. The molecule has 3 aromatic heterocycles. The quantitative estimate of drug-likeness (QED) is 0.411. The molecule has 1 atom stereocenters. The van der Waals surface area contributed by atoms with Gasteiger partial charge < -0.3 is 21.1 Å². The minimum atomic E-state index is -0.231. The Morgan fingerprint density at radius 1 is 1.16 bits per heavy atom. The van der Waals surface area contributed by atoms with E-state index in [4.69, 9.17) is 10.5 Å². The van der Waals surface area contributed by atoms with E-state index in [1.165, 1.54) is 12.7 Å². The monoisotopic (exact) mass is 520 g/mol. The Kier molecular flexibility index (Phi) is 7.73. The van der Waals surface area contributed by atoms with Crippen molar-refractivity contribution in [3.05, 3.63) is 36.3 Å². The zero-order valence-corrected chi connectivity index (χ0v) is 22.0. The number of aromatic nitrogens is 4. The molecule has 202 valence electrons. The zero-order chi connectivity index (χ0) is 26.6. The number of carbonyl (C=O) groups excluding carboxylic acids is 2. The second-order valence-corrected chi connectivity index (χ2v) is 10.1. The van der Waals surface area contributed by atoms with Gasteiger partial charge in [-0.2, -0.15) is 5.10 Å². The van der Waals surface area contributed by atoms with Crippen LogP contribution < -0.4 is 21.1 Å². The second kappa shape index (κ2) is 11.3. The van der Waals surface area contributed by atoms with Gasteiger partial charge in [-0.3, -0.25) is 14.5 Å². The predicted molar refractivity (Wildman–Crippen MR) is 144 cm³/mol. The predicted octanol–water partition coefficient (Wildman–Crippen LogP) is 2.27. The third-order valence-corrected chi connectivity index (χ3v) is 7.92. The molecule has 4 N–H and O–H groups in total. The largest absolute Gasteiger partial charge is 0.481 e. The van der Waals surface area contributed by atoms with E-state index in [9.17, 15) is 9.59 Å². The molecule has 1 aliphatic heterocycles. The molecule has 2 aliphatic rings. The summed E-state index contributed by atoms with van der Waals surface area (Å²) >= 11 is 0. The second-order valence-electron chi connectivity index (χ2n) is 10.1. The van der Waals surface area contributed by atoms with Crippen LogP contribution >= 0.6 is 0 Å². The summed E-state index contributed by atoms with van der Waals surface area (Å²) in [6, 6.07) is 5.81. The first-order chi connectivity index (χ1) is 18.5. The first-order valence-electron chi connectivity index (χ1n) is 13.4. The van der Waals surface area contributed by atoms with Gasteiger partial charge in [0.1, 0.15) is 11.8 Å². The Hall–Kier alpha value is -3.73. The fourth-order valence-electron chi connectivity index (χ4n) is 5.80. The Labute approximate surface area is 222 Å². The highest BCUT2D eigenvalue weighted by atomic mass is 16.5. The Balaban J connectivity index is 1.23. The molecule has 38 heavy (non-hydrogen) atoms. The lowest BCUT2D eigenvalue weighted by Gasteiger charge is -2.29. The molecule has 0 aromatic carbocycles. The molecular weight excluding hydrogens is 484 g/mol. The van der Waals surface area contributed by atoms with Gasteiger partial charge in [0.2, 0.25) is 11.8 Å². The Morgan fingerprint density at radius 3 is 2.74 bits per heavy atom. The van der Waals surface area contributed by atoms with E-state index in [0.29, 0.717) is 28.7 Å². The van der Waals surface area contributed by atoms with Crippen LogP contribution in [0.4, 0.5) is 5.82 Å². The SMILES string of the molecule is CCN1CCCC1CNC(=O)C1CCC(NC(=O)c2cc(-c3ccnc(OC)c3)n3ncnc(N)c23)CC1. The van der Waals surface area contributed by atoms with Crippen molar-refractivity contribution in [2.75, 3.05) is 32.5 Å². The van der Waals surface area contributed by atoms with Crippen LogP contribution in [0.5, 0.6) is 5.88 Å². The number of likely N-dealkylation sites (tertiary alicyclic amines) is 1. The molecule has 11 nitrogen and oxygen atoms in total. The first kappa shape index (κ1) is 25.9. The average Bonchev–Trinajstić information content (AvgIpc) is 3.57. The van der Waals surface area contributed by atoms with Gasteiger partial charge in [0.25, 0.3) is 5.91 Å². The number of hydrogen-bond acceptors (Lipinski definition) is 8. The summed E-state index contributed by atoms with van der Waals surface area (Å²) in [5.74, 6) is 0.578. The highest BCUT2D eigenvalue weighted by Crippen LogP contribution is 2.30. The third kappa shape index (κ3) is 5.28. The molecule has 0 bridgehead atoms. The number of nitrogens with zero attached hydrogens (tertiary/aromatic N) is 5. The molecule has 1 aliphatic carbocycles. The van der Waals surface area contributed by atoms with Gasteiger partial charge in [0, 0.05) is 42.4 Å². The smallest absolute Gasteiger partial charge is 0.253 e. The molecule has 3 aromatic rings. The number of carbonyl (C=O) groups is 2. The van der Waals surface area contributed by atoms with Gasteiger partial charge in [0.15, 0.2) is 5.82 Å². The van der Waals surface area contributed by atoms with E-state index >= 15 is 0 Å². The number of nitrogens with one attached hydrogen (secondary N) is 2. The number of fused-ring (bicyclic) bond motifs is 1. The molecule has 1 saturated heterocycles. The van der Waals surface area contributed by atoms with Crippen molar-refractivity contribution in [3.63, 3.8) is 0 Å². The van der Waals surface area contributed by atoms with Gasteiger partial charge in [0.05, 0.1) is 18.4 Å². The summed E-state index contributed by atoms with van der Waals surface area (Å²) in [7, 11) is 1.55. The summed E-state index contributed by atoms with van der Waals surface area (Å²) in [6.07, 6.45) is 8.36. The lowest BCUT2D eigenvalue weighted by molar-refractivity contribution is -0.126. The molecule has 2 amide bonds. The van der Waals surface area contributed by atoms with E-state index in [2.05, 4.69) is 37.5 Å². The topological polar surface area (TPSA) is 140 Å². The van der Waals surface area contributed by atoms with Crippen molar-refractivity contribution in [2.45, 2.75) is 57.5 Å². The van der Waals surface area contributed by atoms with Crippen LogP contribution in [-0.4, -0.2) is 75.1 Å². The van der Waals surface area contributed by atoms with Crippen LogP contribution in [0.2, 0.25) is 0 Å². The highest BCUT2D eigenvalue weighted by molar-refractivity contribution is 6.05. The van der Waals surface area contributed by atoms with Crippen molar-refractivity contribution in [2.24, 2.45) is 5.92 Å². The average molecular weight is 521 g/mol. The summed E-state index contributed by atoms with van der Waals surface area (Å²) in [6.45, 7) is 5.04. The van der Waals surface area contributed by atoms with Crippen LogP contribution in [0.3, 0.4) is 0 Å². The number of likely N-dealkylation sites (N-methyl/N-ethyl adjacent to an activating group) is 1. The number of pyridine rings is 1. The number of amides is 2. The summed E-state index contributed by atoms with van der Waals surface area (Å²) in [4.78, 5) is 36.9. The Bertz CT molecular complexity index is 1300. The van der Waals surface area contributed by atoms with Gasteiger partial charge in [-0.05, 0) is 63.7 Å². The van der Waals surface area contributed by atoms with E-state index in [0.717, 1.165) is 57.3 Å². The van der Waals surface area contributed by atoms with E-state index < -0.39 is 0 Å². The number of ether oxygens (including phenoxy) is 1. The maximum atomic E-state index is 13.4. The van der Waals surface area contributed by atoms with Crippen molar-refractivity contribution >= 4 is 23.1 Å². The number of hydrogen-bond donors (Lipinski definition) is 3. The molecular formula is C27H36N8O3. The molecule has 2 fully saturated rings. The van der Waals surface area contributed by atoms with Crippen molar-refractivity contribution in [1.29, 1.82) is 0 Å². The molecule has 11 heteroatoms. The third-order valence-electron chi connectivity index (χ3n) is 7.92. The van der Waals surface area contributed by atoms with Crippen LogP contribution in [-0.2, 0) is 4.79 Å². The van der Waals surface area contributed by atoms with Crippen molar-refractivity contribution in [3.8, 4) is 17.1 Å². The molecule has 4 heterocycles. The highest BCUT2D eigenvalue weighted by Gasteiger charge is 2.30. The fraction of sp³-hybridized carbons (Fsp3) is 0.519. The van der Waals surface area contributed by atoms with Gasteiger partial charge in [-0.15, -0.1) is 0 Å². The van der Waals surface area contributed by atoms with Crippen molar-refractivity contribution < 1.29 is 14.3 Å². The number of anilines is 1. The van der Waals surface area contributed by atoms with Crippen LogP contribution in [0.1, 0.15) is 55.8 Å². The van der Waals surface area contributed by atoms with Crippen LogP contribution in [0.25, 0.3) is 16.8 Å². The molecule has 1 unspecified atom stereocenters. The van der Waals surface area contributed by atoms with E-state index in [1.807, 2.05) is 6.07 Å². The minimum Gasteiger partial charge on any atom is -0.481 e.